The zero-order valence-electron chi connectivity index (χ0n) is 17.4. The van der Waals surface area contributed by atoms with Crippen molar-refractivity contribution >= 4 is 34.6 Å². The summed E-state index contributed by atoms with van der Waals surface area (Å²) in [6.45, 7) is 2.47. The first-order valence-corrected chi connectivity index (χ1v) is 12.3. The summed E-state index contributed by atoms with van der Waals surface area (Å²) in [5.41, 5.74) is -1.80. The zero-order chi connectivity index (χ0) is 21.8. The highest BCUT2D eigenvalue weighted by Crippen LogP contribution is 2.53. The second-order valence-corrected chi connectivity index (χ2v) is 10.6. The van der Waals surface area contributed by atoms with Gasteiger partial charge in [-0.25, -0.2) is 9.59 Å². The number of piperidine rings is 1. The van der Waals surface area contributed by atoms with E-state index in [1.54, 1.807) is 19.1 Å². The van der Waals surface area contributed by atoms with E-state index in [-0.39, 0.29) is 36.4 Å². The summed E-state index contributed by atoms with van der Waals surface area (Å²) >= 11 is 2.66. The molecular weight excluding hydrogens is 438 g/mol. The van der Waals surface area contributed by atoms with Crippen molar-refractivity contribution in [2.75, 3.05) is 20.2 Å². The minimum atomic E-state index is -1.80. The number of likely N-dealkylation sites (N-methyl/N-ethyl adjacent to an activating group) is 1. The van der Waals surface area contributed by atoms with Gasteiger partial charge in [0.15, 0.2) is 6.54 Å². The van der Waals surface area contributed by atoms with Gasteiger partial charge in [0.2, 0.25) is 5.60 Å². The number of ether oxygens (including phenoxy) is 3. The minimum Gasteiger partial charge on any atom is -0.462 e. The van der Waals surface area contributed by atoms with E-state index >= 15 is 0 Å². The summed E-state index contributed by atoms with van der Waals surface area (Å²) in [5.74, 6) is -0.848. The lowest BCUT2D eigenvalue weighted by atomic mass is 9.94. The molecule has 31 heavy (non-hydrogen) atoms. The molecule has 0 aromatic carbocycles. The highest BCUT2D eigenvalue weighted by molar-refractivity contribution is 7.12. The Kier molecular flexibility index (Phi) is 5.22. The number of esters is 2. The molecule has 5 heterocycles. The van der Waals surface area contributed by atoms with Gasteiger partial charge in [-0.15, -0.1) is 22.7 Å². The summed E-state index contributed by atoms with van der Waals surface area (Å²) < 4.78 is 17.5. The van der Waals surface area contributed by atoms with Crippen molar-refractivity contribution in [2.45, 2.75) is 55.8 Å². The van der Waals surface area contributed by atoms with Crippen molar-refractivity contribution in [2.24, 2.45) is 0 Å². The van der Waals surface area contributed by atoms with Crippen LogP contribution in [0.15, 0.2) is 35.0 Å². The van der Waals surface area contributed by atoms with Gasteiger partial charge in [0.05, 0.1) is 23.4 Å². The Morgan fingerprint density at radius 2 is 1.74 bits per heavy atom. The predicted molar refractivity (Wildman–Crippen MR) is 115 cm³/mol. The lowest BCUT2D eigenvalue weighted by molar-refractivity contribution is -0.949. The zero-order valence-corrected chi connectivity index (χ0v) is 19.1. The van der Waals surface area contributed by atoms with Gasteiger partial charge < -0.3 is 23.8 Å². The normalized spacial score (nSPS) is 33.6. The third kappa shape index (κ3) is 3.34. The lowest BCUT2D eigenvalue weighted by Gasteiger charge is -2.47. The molecule has 3 saturated heterocycles. The maximum atomic E-state index is 13.3. The number of carbonyl (C=O) groups is 2. The molecule has 3 fully saturated rings. The Morgan fingerprint density at radius 1 is 1.16 bits per heavy atom. The molecule has 5 rings (SSSR count). The first kappa shape index (κ1) is 21.1. The first-order valence-electron chi connectivity index (χ1n) is 10.5. The Balaban J connectivity index is 1.34. The van der Waals surface area contributed by atoms with Crippen molar-refractivity contribution in [3.63, 3.8) is 0 Å². The number of hydrogen-bond donors (Lipinski definition) is 1. The molecule has 1 N–H and O–H groups in total. The highest BCUT2D eigenvalue weighted by Gasteiger charge is 2.72. The van der Waals surface area contributed by atoms with Crippen molar-refractivity contribution in [1.29, 1.82) is 0 Å². The van der Waals surface area contributed by atoms with Crippen molar-refractivity contribution in [3.05, 3.63) is 44.8 Å². The Hall–Kier alpha value is -1.78. The van der Waals surface area contributed by atoms with Crippen LogP contribution in [0.4, 0.5) is 0 Å². The SMILES string of the molecule is CCOC(=O)C[N+]1(C)[C@@H]2CC(OC(=O)C(O)(c3cccs3)c3cccs3)C[C@H]1[C@H]1O[C@H]12. The second kappa shape index (κ2) is 7.67. The summed E-state index contributed by atoms with van der Waals surface area (Å²) in [6, 6.07) is 7.29. The average Bonchev–Trinajstić information content (AvgIpc) is 3.10. The molecule has 3 aliphatic rings. The number of fused-ring (bicyclic) bond motifs is 5. The van der Waals surface area contributed by atoms with Crippen LogP contribution in [0.25, 0.3) is 0 Å². The number of aliphatic hydroxyl groups is 1. The van der Waals surface area contributed by atoms with Crippen LogP contribution in [-0.4, -0.2) is 72.1 Å². The highest BCUT2D eigenvalue weighted by atomic mass is 32.1. The summed E-state index contributed by atoms with van der Waals surface area (Å²) in [6.07, 6.45) is 1.08. The lowest BCUT2D eigenvalue weighted by Crippen LogP contribution is -2.64. The number of rotatable bonds is 7. The quantitative estimate of drug-likeness (QED) is 0.384. The molecule has 0 radical (unpaired) electrons. The van der Waals surface area contributed by atoms with Gasteiger partial charge in [-0.1, -0.05) is 12.1 Å². The predicted octanol–water partition coefficient (Wildman–Crippen LogP) is 2.28. The van der Waals surface area contributed by atoms with E-state index in [2.05, 4.69) is 7.05 Å². The number of epoxide rings is 1. The fourth-order valence-corrected chi connectivity index (χ4v) is 7.12. The van der Waals surface area contributed by atoms with E-state index in [9.17, 15) is 14.7 Å². The Labute approximate surface area is 188 Å². The van der Waals surface area contributed by atoms with Gasteiger partial charge >= 0.3 is 11.9 Å². The number of carbonyl (C=O) groups excluding carboxylic acids is 2. The summed E-state index contributed by atoms with van der Waals surface area (Å²) in [5, 5.41) is 15.2. The van der Waals surface area contributed by atoms with Crippen LogP contribution in [0.1, 0.15) is 29.5 Å². The number of nitrogens with zero attached hydrogens (tertiary/aromatic N) is 1. The van der Waals surface area contributed by atoms with E-state index in [0.29, 0.717) is 40.2 Å². The van der Waals surface area contributed by atoms with Crippen LogP contribution >= 0.6 is 22.7 Å². The molecule has 0 spiro atoms. The molecule has 7 nitrogen and oxygen atoms in total. The van der Waals surface area contributed by atoms with Crippen molar-refractivity contribution in [3.8, 4) is 0 Å². The van der Waals surface area contributed by atoms with E-state index < -0.39 is 11.6 Å². The molecule has 6 atom stereocenters. The monoisotopic (exact) mass is 464 g/mol. The van der Waals surface area contributed by atoms with Gasteiger partial charge in [-0.2, -0.15) is 0 Å². The maximum Gasteiger partial charge on any atom is 0.361 e. The smallest absolute Gasteiger partial charge is 0.361 e. The molecule has 0 amide bonds. The molecule has 3 aliphatic heterocycles. The molecule has 2 aromatic heterocycles. The van der Waals surface area contributed by atoms with E-state index in [0.717, 1.165) is 0 Å². The Bertz CT molecular complexity index is 907. The van der Waals surface area contributed by atoms with Gasteiger partial charge in [0, 0.05) is 12.8 Å². The van der Waals surface area contributed by atoms with Crippen LogP contribution in [0, 0.1) is 0 Å². The third-order valence-corrected chi connectivity index (χ3v) is 8.90. The molecule has 0 saturated carbocycles. The molecule has 166 valence electrons. The number of morpholine rings is 1. The molecule has 0 aliphatic carbocycles. The third-order valence-electron chi connectivity index (χ3n) is 6.94. The van der Waals surface area contributed by atoms with E-state index in [4.69, 9.17) is 14.2 Å². The van der Waals surface area contributed by atoms with Crippen LogP contribution in [0.2, 0.25) is 0 Å². The molecule has 9 heteroatoms. The summed E-state index contributed by atoms with van der Waals surface area (Å²) in [4.78, 5) is 26.6. The summed E-state index contributed by atoms with van der Waals surface area (Å²) in [7, 11) is 2.08. The van der Waals surface area contributed by atoms with Gasteiger partial charge in [0.25, 0.3) is 0 Å². The van der Waals surface area contributed by atoms with Crippen LogP contribution in [0.3, 0.4) is 0 Å². The number of hydrogen-bond acceptors (Lipinski definition) is 8. The molecule has 2 unspecified atom stereocenters. The first-order chi connectivity index (χ1) is 14.9. The van der Waals surface area contributed by atoms with Gasteiger partial charge in [0.1, 0.15) is 30.4 Å². The van der Waals surface area contributed by atoms with Crippen molar-refractivity contribution < 1.29 is 33.4 Å². The molecule has 2 aromatic rings. The van der Waals surface area contributed by atoms with E-state index in [1.165, 1.54) is 22.7 Å². The fraction of sp³-hybridized carbons (Fsp3) is 0.545. The van der Waals surface area contributed by atoms with Crippen LogP contribution in [0.5, 0.6) is 0 Å². The fourth-order valence-electron chi connectivity index (χ4n) is 5.40. The topological polar surface area (TPSA) is 85.4 Å². The average molecular weight is 465 g/mol. The minimum absolute atomic E-state index is 0.0718. The maximum absolute atomic E-state index is 13.3. The van der Waals surface area contributed by atoms with Crippen molar-refractivity contribution in [1.82, 2.24) is 0 Å². The Morgan fingerprint density at radius 3 is 2.23 bits per heavy atom. The standard InChI is InChI=1S/C22H26NO6S2/c1-3-27-18(24)12-23(2)14-10-13(11-15(23)20-19(14)29-20)28-21(25)22(26,16-6-4-8-30-16)17-7-5-9-31-17/h4-9,13-15,19-20,26H,3,10-12H2,1-2H3/q+1/t13?,14-,15+,19+,20-,23?. The van der Waals surface area contributed by atoms with Crippen LogP contribution < -0.4 is 0 Å². The van der Waals surface area contributed by atoms with E-state index in [1.807, 2.05) is 22.9 Å². The second-order valence-electron chi connectivity index (χ2n) is 8.67. The number of thiophene rings is 2. The van der Waals surface area contributed by atoms with Gasteiger partial charge in [-0.3, -0.25) is 0 Å². The number of quaternary nitrogens is 1. The molecule has 2 bridgehead atoms. The van der Waals surface area contributed by atoms with Gasteiger partial charge in [-0.05, 0) is 29.8 Å². The van der Waals surface area contributed by atoms with Crippen LogP contribution in [-0.2, 0) is 29.4 Å². The molecular formula is C22H26NO6S2+. The largest absolute Gasteiger partial charge is 0.462 e.